The van der Waals surface area contributed by atoms with Crippen molar-refractivity contribution in [2.45, 2.75) is 11.7 Å². The summed E-state index contributed by atoms with van der Waals surface area (Å²) in [5.41, 5.74) is 3.40. The van der Waals surface area contributed by atoms with Crippen LogP contribution in [0.4, 0.5) is 5.69 Å². The van der Waals surface area contributed by atoms with E-state index in [2.05, 4.69) is 4.99 Å². The molecule has 146 valence electrons. The maximum Gasteiger partial charge on any atom is 0.240 e. The SMILES string of the molecule is O=Cc1cc(Cl)ccc1N=CSC(C(=O)N1CC[C@@H](CO)C1)c1ccccc1. The number of aldehydes is 1. The van der Waals surface area contributed by atoms with E-state index in [1.165, 1.54) is 11.8 Å². The van der Waals surface area contributed by atoms with Gasteiger partial charge in [0.25, 0.3) is 0 Å². The van der Waals surface area contributed by atoms with Gasteiger partial charge in [0.05, 0.1) is 11.2 Å². The molecule has 1 fully saturated rings. The van der Waals surface area contributed by atoms with Crippen LogP contribution in [-0.2, 0) is 4.79 Å². The summed E-state index contributed by atoms with van der Waals surface area (Å²) in [6, 6.07) is 14.5. The van der Waals surface area contributed by atoms with Crippen LogP contribution in [0.15, 0.2) is 53.5 Å². The summed E-state index contributed by atoms with van der Waals surface area (Å²) in [6.45, 7) is 1.32. The lowest BCUT2D eigenvalue weighted by Gasteiger charge is -2.22. The number of carbonyl (C=O) groups is 2. The highest BCUT2D eigenvalue weighted by molar-refractivity contribution is 8.12. The van der Waals surface area contributed by atoms with Crippen LogP contribution in [0.25, 0.3) is 0 Å². The van der Waals surface area contributed by atoms with Crippen LogP contribution in [0, 0.1) is 5.92 Å². The van der Waals surface area contributed by atoms with Gasteiger partial charge in [0.2, 0.25) is 5.91 Å². The third kappa shape index (κ3) is 5.01. The Balaban J connectivity index is 1.79. The van der Waals surface area contributed by atoms with Crippen molar-refractivity contribution in [1.82, 2.24) is 4.90 Å². The van der Waals surface area contributed by atoms with Gasteiger partial charge in [0.15, 0.2) is 6.29 Å². The van der Waals surface area contributed by atoms with Crippen molar-refractivity contribution < 1.29 is 14.7 Å². The van der Waals surface area contributed by atoms with Gasteiger partial charge >= 0.3 is 0 Å². The quantitative estimate of drug-likeness (QED) is 0.418. The normalized spacial score (nSPS) is 17.8. The Kier molecular flexibility index (Phi) is 7.25. The first-order valence-electron chi connectivity index (χ1n) is 8.99. The lowest BCUT2D eigenvalue weighted by atomic mass is 10.1. The van der Waals surface area contributed by atoms with Crippen LogP contribution in [0.2, 0.25) is 5.02 Å². The number of halogens is 1. The van der Waals surface area contributed by atoms with Crippen LogP contribution < -0.4 is 0 Å². The summed E-state index contributed by atoms with van der Waals surface area (Å²) < 4.78 is 0. The number of aliphatic hydroxyl groups excluding tert-OH is 1. The van der Waals surface area contributed by atoms with Gasteiger partial charge in [-0.2, -0.15) is 0 Å². The number of amides is 1. The minimum Gasteiger partial charge on any atom is -0.396 e. The van der Waals surface area contributed by atoms with Gasteiger partial charge < -0.3 is 10.0 Å². The van der Waals surface area contributed by atoms with E-state index in [0.29, 0.717) is 35.6 Å². The van der Waals surface area contributed by atoms with Crippen molar-refractivity contribution in [3.8, 4) is 0 Å². The molecule has 3 rings (SSSR count). The van der Waals surface area contributed by atoms with E-state index < -0.39 is 5.25 Å². The first kappa shape index (κ1) is 20.6. The molecule has 1 aliphatic rings. The number of carbonyl (C=O) groups excluding carboxylic acids is 2. The predicted molar refractivity (Wildman–Crippen MR) is 114 cm³/mol. The molecule has 1 aliphatic heterocycles. The van der Waals surface area contributed by atoms with E-state index in [9.17, 15) is 14.7 Å². The van der Waals surface area contributed by atoms with E-state index in [4.69, 9.17) is 11.6 Å². The third-order valence-electron chi connectivity index (χ3n) is 4.69. The summed E-state index contributed by atoms with van der Waals surface area (Å²) in [7, 11) is 0. The third-order valence-corrected chi connectivity index (χ3v) is 5.90. The fourth-order valence-electron chi connectivity index (χ4n) is 3.14. The molecule has 2 atom stereocenters. The average molecular weight is 417 g/mol. The minimum atomic E-state index is -0.436. The second-order valence-corrected chi connectivity index (χ2v) is 7.99. The van der Waals surface area contributed by atoms with Gasteiger partial charge in [-0.15, -0.1) is 0 Å². The highest BCUT2D eigenvalue weighted by Crippen LogP contribution is 2.32. The van der Waals surface area contributed by atoms with E-state index in [-0.39, 0.29) is 18.4 Å². The second kappa shape index (κ2) is 9.87. The zero-order chi connectivity index (χ0) is 19.9. The van der Waals surface area contributed by atoms with Crippen LogP contribution in [0.3, 0.4) is 0 Å². The van der Waals surface area contributed by atoms with E-state index in [0.717, 1.165) is 12.0 Å². The standard InChI is InChI=1S/C21H21ClN2O3S/c22-18-6-7-19(17(10-18)13-26)23-14-28-20(16-4-2-1-3-5-16)21(27)24-9-8-15(11-24)12-25/h1-7,10,13-15,20,25H,8-9,11-12H2/t15-,20?/m1/s1. The fourth-order valence-corrected chi connectivity index (χ4v) is 4.20. The Labute approximate surface area is 173 Å². The van der Waals surface area contributed by atoms with E-state index in [1.807, 2.05) is 30.3 Å². The second-order valence-electron chi connectivity index (χ2n) is 6.60. The van der Waals surface area contributed by atoms with Crippen molar-refractivity contribution in [2.75, 3.05) is 19.7 Å². The average Bonchev–Trinajstić information content (AvgIpc) is 3.21. The van der Waals surface area contributed by atoms with E-state index in [1.54, 1.807) is 28.6 Å². The molecule has 1 heterocycles. The van der Waals surface area contributed by atoms with Gasteiger partial charge in [-0.05, 0) is 30.2 Å². The number of aliphatic hydroxyl groups is 1. The number of benzene rings is 2. The molecule has 0 aliphatic carbocycles. The molecule has 0 saturated carbocycles. The summed E-state index contributed by atoms with van der Waals surface area (Å²) in [4.78, 5) is 30.5. The zero-order valence-corrected chi connectivity index (χ0v) is 16.8. The number of nitrogens with zero attached hydrogens (tertiary/aromatic N) is 2. The number of hydrogen-bond acceptors (Lipinski definition) is 5. The molecule has 5 nitrogen and oxygen atoms in total. The van der Waals surface area contributed by atoms with Gasteiger partial charge in [-0.25, -0.2) is 4.99 Å². The largest absolute Gasteiger partial charge is 0.396 e. The van der Waals surface area contributed by atoms with Crippen molar-refractivity contribution in [3.05, 3.63) is 64.7 Å². The van der Waals surface area contributed by atoms with Crippen molar-refractivity contribution in [3.63, 3.8) is 0 Å². The predicted octanol–water partition coefficient (Wildman–Crippen LogP) is 4.13. The summed E-state index contributed by atoms with van der Waals surface area (Å²) in [5.74, 6) is 0.147. The van der Waals surface area contributed by atoms with Crippen molar-refractivity contribution >= 4 is 46.8 Å². The Morgan fingerprint density at radius 1 is 1.32 bits per heavy atom. The molecule has 28 heavy (non-hydrogen) atoms. The zero-order valence-electron chi connectivity index (χ0n) is 15.2. The molecule has 7 heteroatoms. The topological polar surface area (TPSA) is 70.0 Å². The Morgan fingerprint density at radius 3 is 2.79 bits per heavy atom. The summed E-state index contributed by atoms with van der Waals surface area (Å²) >= 11 is 7.22. The lowest BCUT2D eigenvalue weighted by Crippen LogP contribution is -2.32. The monoisotopic (exact) mass is 416 g/mol. The van der Waals surface area contributed by atoms with Crippen molar-refractivity contribution in [1.29, 1.82) is 0 Å². The van der Waals surface area contributed by atoms with Crippen molar-refractivity contribution in [2.24, 2.45) is 10.9 Å². The molecular weight excluding hydrogens is 396 g/mol. The number of hydrogen-bond donors (Lipinski definition) is 1. The lowest BCUT2D eigenvalue weighted by molar-refractivity contribution is -0.129. The summed E-state index contributed by atoms with van der Waals surface area (Å²) in [6.07, 6.45) is 1.53. The van der Waals surface area contributed by atoms with Crippen LogP contribution in [0.1, 0.15) is 27.6 Å². The Bertz CT molecular complexity index is 860. The Hall–Kier alpha value is -2.15. The fraction of sp³-hybridized carbons (Fsp3) is 0.286. The Morgan fingerprint density at radius 2 is 2.11 bits per heavy atom. The first-order valence-corrected chi connectivity index (χ1v) is 10.3. The molecule has 0 radical (unpaired) electrons. The molecular formula is C21H21ClN2O3S. The summed E-state index contributed by atoms with van der Waals surface area (Å²) in [5, 5.41) is 9.39. The van der Waals surface area contributed by atoms with Gasteiger partial charge in [-0.1, -0.05) is 53.7 Å². The number of aliphatic imine (C=N–C) groups is 1. The molecule has 1 amide bonds. The maximum absolute atomic E-state index is 13.1. The number of likely N-dealkylation sites (tertiary alicyclic amines) is 1. The molecule has 0 bridgehead atoms. The minimum absolute atomic E-state index is 0.00492. The molecule has 0 aromatic heterocycles. The maximum atomic E-state index is 13.1. The van der Waals surface area contributed by atoms with Crippen LogP contribution in [0.5, 0.6) is 0 Å². The molecule has 1 saturated heterocycles. The highest BCUT2D eigenvalue weighted by Gasteiger charge is 2.31. The molecule has 0 spiro atoms. The molecule has 1 N–H and O–H groups in total. The molecule has 1 unspecified atom stereocenters. The van der Waals surface area contributed by atoms with E-state index >= 15 is 0 Å². The van der Waals surface area contributed by atoms with Crippen LogP contribution in [-0.4, -0.2) is 47.4 Å². The van der Waals surface area contributed by atoms with Gasteiger partial charge in [0, 0.05) is 36.2 Å². The number of rotatable bonds is 7. The smallest absolute Gasteiger partial charge is 0.240 e. The van der Waals surface area contributed by atoms with Gasteiger partial charge in [0.1, 0.15) is 5.25 Å². The molecule has 2 aromatic rings. The van der Waals surface area contributed by atoms with Crippen LogP contribution >= 0.6 is 23.4 Å². The molecule has 2 aromatic carbocycles. The highest BCUT2D eigenvalue weighted by atomic mass is 35.5. The first-order chi connectivity index (χ1) is 13.6. The number of thioether (sulfide) groups is 1. The van der Waals surface area contributed by atoms with Gasteiger partial charge in [-0.3, -0.25) is 9.59 Å².